The first-order chi connectivity index (χ1) is 9.36. The highest BCUT2D eigenvalue weighted by molar-refractivity contribution is 5.94. The lowest BCUT2D eigenvalue weighted by Gasteiger charge is -2.07. The van der Waals surface area contributed by atoms with Crippen LogP contribution >= 0.6 is 0 Å². The van der Waals surface area contributed by atoms with Crippen molar-refractivity contribution in [1.29, 1.82) is 0 Å². The van der Waals surface area contributed by atoms with Crippen molar-refractivity contribution in [2.45, 2.75) is 19.6 Å². The highest BCUT2D eigenvalue weighted by Crippen LogP contribution is 2.29. The predicted molar refractivity (Wildman–Crippen MR) is 63.9 cm³/mol. The van der Waals surface area contributed by atoms with Gasteiger partial charge < -0.3 is 9.73 Å². The number of carbonyl (C=O) groups is 1. The van der Waals surface area contributed by atoms with E-state index in [2.05, 4.69) is 10.3 Å². The topological polar surface area (TPSA) is 55.1 Å². The lowest BCUT2D eigenvalue weighted by molar-refractivity contribution is -0.137. The molecule has 2 aromatic rings. The first kappa shape index (κ1) is 14.1. The zero-order chi connectivity index (χ0) is 14.8. The zero-order valence-electron chi connectivity index (χ0n) is 10.5. The van der Waals surface area contributed by atoms with E-state index < -0.39 is 17.6 Å². The van der Waals surface area contributed by atoms with Gasteiger partial charge in [-0.3, -0.25) is 4.79 Å². The minimum atomic E-state index is -4.41. The van der Waals surface area contributed by atoms with Gasteiger partial charge in [0.15, 0.2) is 0 Å². The molecule has 0 aliphatic rings. The third kappa shape index (κ3) is 3.37. The summed E-state index contributed by atoms with van der Waals surface area (Å²) in [6, 6.07) is 3.98. The SMILES string of the molecule is Cc1cnc(CNC(=O)c2ccc(C(F)(F)F)cc2)o1. The summed E-state index contributed by atoms with van der Waals surface area (Å²) in [6.45, 7) is 1.79. The molecule has 0 aliphatic heterocycles. The number of aromatic nitrogens is 1. The van der Waals surface area contributed by atoms with Crippen LogP contribution in [-0.2, 0) is 12.7 Å². The fraction of sp³-hybridized carbons (Fsp3) is 0.231. The molecule has 0 spiro atoms. The molecule has 106 valence electrons. The number of alkyl halides is 3. The minimum Gasteiger partial charge on any atom is -0.444 e. The lowest BCUT2D eigenvalue weighted by atomic mass is 10.1. The standard InChI is InChI=1S/C13H11F3N2O2/c1-8-6-17-11(20-8)7-18-12(19)9-2-4-10(5-3-9)13(14,15)16/h2-6H,7H2,1H3,(H,18,19). The van der Waals surface area contributed by atoms with Gasteiger partial charge in [0.2, 0.25) is 5.89 Å². The molecule has 4 nitrogen and oxygen atoms in total. The van der Waals surface area contributed by atoms with E-state index in [9.17, 15) is 18.0 Å². The van der Waals surface area contributed by atoms with Gasteiger partial charge in [-0.25, -0.2) is 4.98 Å². The molecule has 1 amide bonds. The van der Waals surface area contributed by atoms with Crippen molar-refractivity contribution in [3.05, 3.63) is 53.2 Å². The maximum Gasteiger partial charge on any atom is 0.416 e. The number of aryl methyl sites for hydroxylation is 1. The second kappa shape index (κ2) is 5.36. The van der Waals surface area contributed by atoms with Crippen LogP contribution in [0.4, 0.5) is 13.2 Å². The van der Waals surface area contributed by atoms with Crippen LogP contribution in [0.15, 0.2) is 34.9 Å². The molecule has 2 rings (SSSR count). The molecule has 0 unspecified atom stereocenters. The molecule has 0 bridgehead atoms. The van der Waals surface area contributed by atoms with Crippen LogP contribution in [0.5, 0.6) is 0 Å². The average molecular weight is 284 g/mol. The Kier molecular flexibility index (Phi) is 3.78. The quantitative estimate of drug-likeness (QED) is 0.942. The van der Waals surface area contributed by atoms with E-state index in [1.54, 1.807) is 6.92 Å². The van der Waals surface area contributed by atoms with Crippen LogP contribution in [0.1, 0.15) is 27.6 Å². The first-order valence-electron chi connectivity index (χ1n) is 5.73. The number of carbonyl (C=O) groups excluding carboxylic acids is 1. The molecule has 1 N–H and O–H groups in total. The van der Waals surface area contributed by atoms with Crippen LogP contribution in [-0.4, -0.2) is 10.9 Å². The van der Waals surface area contributed by atoms with Gasteiger partial charge in [0, 0.05) is 5.56 Å². The van der Waals surface area contributed by atoms with E-state index in [0.717, 1.165) is 24.3 Å². The normalized spacial score (nSPS) is 11.4. The Hall–Kier alpha value is -2.31. The van der Waals surface area contributed by atoms with E-state index in [0.29, 0.717) is 11.7 Å². The first-order valence-corrected chi connectivity index (χ1v) is 5.73. The number of hydrogen-bond acceptors (Lipinski definition) is 3. The Bertz CT molecular complexity index is 603. The number of oxazole rings is 1. The number of nitrogens with zero attached hydrogens (tertiary/aromatic N) is 1. The van der Waals surface area contributed by atoms with Crippen molar-refractivity contribution in [3.63, 3.8) is 0 Å². The largest absolute Gasteiger partial charge is 0.444 e. The monoisotopic (exact) mass is 284 g/mol. The minimum absolute atomic E-state index is 0.0771. The van der Waals surface area contributed by atoms with E-state index in [-0.39, 0.29) is 12.1 Å². The van der Waals surface area contributed by atoms with Crippen LogP contribution in [0, 0.1) is 6.92 Å². The van der Waals surface area contributed by atoms with Crippen molar-refractivity contribution in [3.8, 4) is 0 Å². The summed E-state index contributed by atoms with van der Waals surface area (Å²) in [5.74, 6) is 0.459. The number of rotatable bonds is 3. The number of benzene rings is 1. The van der Waals surface area contributed by atoms with Crippen molar-refractivity contribution in [2.24, 2.45) is 0 Å². The number of halogens is 3. The molecule has 7 heteroatoms. The van der Waals surface area contributed by atoms with Crippen LogP contribution in [0.3, 0.4) is 0 Å². The summed E-state index contributed by atoms with van der Waals surface area (Å²) >= 11 is 0. The lowest BCUT2D eigenvalue weighted by Crippen LogP contribution is -2.23. The molecular formula is C13H11F3N2O2. The second-order valence-corrected chi connectivity index (χ2v) is 4.12. The maximum atomic E-state index is 12.4. The van der Waals surface area contributed by atoms with Gasteiger partial charge in [-0.15, -0.1) is 0 Å². The Morgan fingerprint density at radius 2 is 1.95 bits per heavy atom. The molecule has 20 heavy (non-hydrogen) atoms. The smallest absolute Gasteiger partial charge is 0.416 e. The van der Waals surface area contributed by atoms with Crippen LogP contribution in [0.2, 0.25) is 0 Å². The van der Waals surface area contributed by atoms with Crippen molar-refractivity contribution < 1.29 is 22.4 Å². The van der Waals surface area contributed by atoms with Crippen molar-refractivity contribution >= 4 is 5.91 Å². The summed E-state index contributed by atoms with van der Waals surface area (Å²) in [6.07, 6.45) is -2.90. The van der Waals surface area contributed by atoms with Gasteiger partial charge in [0.1, 0.15) is 5.76 Å². The Morgan fingerprint density at radius 1 is 1.30 bits per heavy atom. The summed E-state index contributed by atoms with van der Waals surface area (Å²) in [5.41, 5.74) is -0.654. The van der Waals surface area contributed by atoms with E-state index in [4.69, 9.17) is 4.42 Å². The fourth-order valence-corrected chi connectivity index (χ4v) is 1.55. The van der Waals surface area contributed by atoms with Gasteiger partial charge in [-0.1, -0.05) is 0 Å². The highest BCUT2D eigenvalue weighted by atomic mass is 19.4. The zero-order valence-corrected chi connectivity index (χ0v) is 10.5. The Labute approximate surface area is 112 Å². The molecule has 0 aliphatic carbocycles. The Balaban J connectivity index is 1.99. The highest BCUT2D eigenvalue weighted by Gasteiger charge is 2.30. The van der Waals surface area contributed by atoms with Gasteiger partial charge in [0.05, 0.1) is 18.3 Å². The summed E-state index contributed by atoms with van der Waals surface area (Å²) < 4.78 is 42.3. The van der Waals surface area contributed by atoms with Crippen LogP contribution < -0.4 is 5.32 Å². The van der Waals surface area contributed by atoms with Crippen molar-refractivity contribution in [2.75, 3.05) is 0 Å². The van der Waals surface area contributed by atoms with E-state index >= 15 is 0 Å². The van der Waals surface area contributed by atoms with Gasteiger partial charge in [-0.05, 0) is 31.2 Å². The van der Waals surface area contributed by atoms with Gasteiger partial charge >= 0.3 is 6.18 Å². The summed E-state index contributed by atoms with van der Waals surface area (Å²) in [7, 11) is 0. The molecule has 0 radical (unpaired) electrons. The molecular weight excluding hydrogens is 273 g/mol. The third-order valence-electron chi connectivity index (χ3n) is 2.54. The fourth-order valence-electron chi connectivity index (χ4n) is 1.55. The molecule has 1 heterocycles. The molecule has 0 saturated heterocycles. The summed E-state index contributed by atoms with van der Waals surface area (Å²) in [4.78, 5) is 15.6. The maximum absolute atomic E-state index is 12.4. The Morgan fingerprint density at radius 3 is 2.45 bits per heavy atom. The number of hydrogen-bond donors (Lipinski definition) is 1. The molecule has 0 atom stereocenters. The van der Waals surface area contributed by atoms with Gasteiger partial charge in [0.25, 0.3) is 5.91 Å². The molecule has 1 aromatic carbocycles. The summed E-state index contributed by atoms with van der Waals surface area (Å²) in [5, 5.41) is 2.51. The number of nitrogens with one attached hydrogen (secondary N) is 1. The van der Waals surface area contributed by atoms with E-state index in [1.807, 2.05) is 0 Å². The average Bonchev–Trinajstić information content (AvgIpc) is 2.81. The number of amides is 1. The van der Waals surface area contributed by atoms with E-state index in [1.165, 1.54) is 6.20 Å². The molecule has 1 aromatic heterocycles. The second-order valence-electron chi connectivity index (χ2n) is 4.12. The van der Waals surface area contributed by atoms with Crippen molar-refractivity contribution in [1.82, 2.24) is 10.3 Å². The predicted octanol–water partition coefficient (Wildman–Crippen LogP) is 2.93. The van der Waals surface area contributed by atoms with Crippen LogP contribution in [0.25, 0.3) is 0 Å². The third-order valence-corrected chi connectivity index (χ3v) is 2.54. The van der Waals surface area contributed by atoms with Gasteiger partial charge in [-0.2, -0.15) is 13.2 Å². The molecule has 0 fully saturated rings. The molecule has 0 saturated carbocycles.